The molecule has 27 heavy (non-hydrogen) atoms. The Morgan fingerprint density at radius 3 is 2.26 bits per heavy atom. The summed E-state index contributed by atoms with van der Waals surface area (Å²) in [5.41, 5.74) is 0.0189. The van der Waals surface area contributed by atoms with E-state index in [1.807, 2.05) is 30.3 Å². The van der Waals surface area contributed by atoms with E-state index in [2.05, 4.69) is 10.1 Å². The van der Waals surface area contributed by atoms with Crippen LogP contribution in [0.25, 0.3) is 11.4 Å². The predicted molar refractivity (Wildman–Crippen MR) is 98.6 cm³/mol. The Bertz CT molecular complexity index is 1010. The number of sulfonamides is 1. The van der Waals surface area contributed by atoms with Crippen molar-refractivity contribution in [1.29, 1.82) is 0 Å². The highest BCUT2D eigenvalue weighted by Gasteiger charge is 2.35. The first-order chi connectivity index (χ1) is 12.7. The first-order valence-electron chi connectivity index (χ1n) is 8.34. The molecule has 0 saturated carbocycles. The minimum Gasteiger partial charge on any atom is -0.338 e. The molecule has 0 atom stereocenters. The van der Waals surface area contributed by atoms with Crippen LogP contribution in [0.4, 0.5) is 4.39 Å². The lowest BCUT2D eigenvalue weighted by Gasteiger charge is -2.33. The number of halogens is 1. The number of benzene rings is 2. The SMILES string of the molecule is CC(C)(C)N(Cc1nc(-c2ccccc2)no1)S(=O)(=O)c1ccc(F)cc1. The summed E-state index contributed by atoms with van der Waals surface area (Å²) in [6.07, 6.45) is 0. The molecule has 0 unspecified atom stereocenters. The van der Waals surface area contributed by atoms with E-state index >= 15 is 0 Å². The summed E-state index contributed by atoms with van der Waals surface area (Å²) in [5.74, 6) is 0.0637. The van der Waals surface area contributed by atoms with Gasteiger partial charge in [-0.2, -0.15) is 9.29 Å². The van der Waals surface area contributed by atoms with Gasteiger partial charge in [-0.3, -0.25) is 0 Å². The summed E-state index contributed by atoms with van der Waals surface area (Å²) < 4.78 is 45.9. The molecule has 0 spiro atoms. The number of hydrogen-bond acceptors (Lipinski definition) is 5. The zero-order valence-electron chi connectivity index (χ0n) is 15.3. The number of rotatable bonds is 5. The van der Waals surface area contributed by atoms with Crippen molar-refractivity contribution in [3.63, 3.8) is 0 Å². The molecule has 0 aliphatic heterocycles. The van der Waals surface area contributed by atoms with Crippen molar-refractivity contribution in [2.45, 2.75) is 37.8 Å². The molecule has 3 aromatic rings. The summed E-state index contributed by atoms with van der Waals surface area (Å²) in [4.78, 5) is 4.31. The molecule has 1 aromatic heterocycles. The molecule has 0 fully saturated rings. The smallest absolute Gasteiger partial charge is 0.244 e. The van der Waals surface area contributed by atoms with Crippen molar-refractivity contribution >= 4 is 10.0 Å². The van der Waals surface area contributed by atoms with Gasteiger partial charge in [-0.15, -0.1) is 0 Å². The quantitative estimate of drug-likeness (QED) is 0.662. The summed E-state index contributed by atoms with van der Waals surface area (Å²) in [5, 5.41) is 3.93. The summed E-state index contributed by atoms with van der Waals surface area (Å²) >= 11 is 0. The fourth-order valence-corrected chi connectivity index (χ4v) is 4.30. The standard InChI is InChI=1S/C19H20FN3O3S/c1-19(2,3)23(27(24,25)16-11-9-15(20)10-12-16)13-17-21-18(22-26-17)14-7-5-4-6-8-14/h4-12H,13H2,1-3H3. The van der Waals surface area contributed by atoms with Gasteiger partial charge >= 0.3 is 0 Å². The zero-order valence-corrected chi connectivity index (χ0v) is 16.1. The third-order valence-electron chi connectivity index (χ3n) is 3.93. The van der Waals surface area contributed by atoms with Crippen LogP contribution in [0.3, 0.4) is 0 Å². The van der Waals surface area contributed by atoms with Gasteiger partial charge in [0.2, 0.25) is 21.7 Å². The molecule has 2 aromatic carbocycles. The van der Waals surface area contributed by atoms with Crippen LogP contribution < -0.4 is 0 Å². The molecule has 8 heteroatoms. The van der Waals surface area contributed by atoms with E-state index in [1.54, 1.807) is 20.8 Å². The van der Waals surface area contributed by atoms with E-state index in [0.29, 0.717) is 5.82 Å². The van der Waals surface area contributed by atoms with Crippen molar-refractivity contribution in [2.24, 2.45) is 0 Å². The summed E-state index contributed by atoms with van der Waals surface area (Å²) in [7, 11) is -3.89. The second-order valence-electron chi connectivity index (χ2n) is 7.01. The molecule has 0 bridgehead atoms. The van der Waals surface area contributed by atoms with E-state index in [9.17, 15) is 12.8 Å². The van der Waals surface area contributed by atoms with Crippen LogP contribution in [0.1, 0.15) is 26.7 Å². The Labute approximate surface area is 157 Å². The van der Waals surface area contributed by atoms with Crippen molar-refractivity contribution in [1.82, 2.24) is 14.4 Å². The predicted octanol–water partition coefficient (Wildman–Crippen LogP) is 3.87. The lowest BCUT2D eigenvalue weighted by molar-refractivity contribution is 0.214. The Balaban J connectivity index is 1.93. The molecule has 0 amide bonds. The minimum absolute atomic E-state index is 0.00150. The molecule has 6 nitrogen and oxygen atoms in total. The molecule has 3 rings (SSSR count). The second-order valence-corrected chi connectivity index (χ2v) is 8.88. The van der Waals surface area contributed by atoms with Gasteiger partial charge in [0.1, 0.15) is 5.82 Å². The van der Waals surface area contributed by atoms with Crippen LogP contribution in [0.5, 0.6) is 0 Å². The third-order valence-corrected chi connectivity index (χ3v) is 6.05. The zero-order chi connectivity index (χ0) is 19.7. The lowest BCUT2D eigenvalue weighted by Crippen LogP contribution is -2.45. The average Bonchev–Trinajstić information content (AvgIpc) is 3.08. The van der Waals surface area contributed by atoms with Crippen molar-refractivity contribution in [3.8, 4) is 11.4 Å². The van der Waals surface area contributed by atoms with Gasteiger partial charge in [-0.25, -0.2) is 12.8 Å². The number of nitrogens with zero attached hydrogens (tertiary/aromatic N) is 3. The first-order valence-corrected chi connectivity index (χ1v) is 9.78. The Kier molecular flexibility index (Phi) is 5.12. The average molecular weight is 389 g/mol. The molecule has 142 valence electrons. The maximum Gasteiger partial charge on any atom is 0.244 e. The molecule has 0 aliphatic carbocycles. The molecule has 0 radical (unpaired) electrons. The van der Waals surface area contributed by atoms with Gasteiger partial charge in [0.05, 0.1) is 11.4 Å². The Hall–Kier alpha value is -2.58. The van der Waals surface area contributed by atoms with E-state index in [-0.39, 0.29) is 17.3 Å². The van der Waals surface area contributed by atoms with Crippen LogP contribution in [0, 0.1) is 5.82 Å². The highest BCUT2D eigenvalue weighted by atomic mass is 32.2. The van der Waals surface area contributed by atoms with Crippen molar-refractivity contribution in [2.75, 3.05) is 0 Å². The van der Waals surface area contributed by atoms with Gasteiger partial charge in [-0.05, 0) is 45.0 Å². The maximum atomic E-state index is 13.2. The maximum absolute atomic E-state index is 13.2. The minimum atomic E-state index is -3.89. The van der Waals surface area contributed by atoms with Crippen LogP contribution in [0.15, 0.2) is 64.0 Å². The Morgan fingerprint density at radius 1 is 1.04 bits per heavy atom. The molecule has 0 aliphatic rings. The van der Waals surface area contributed by atoms with Gasteiger partial charge in [0.25, 0.3) is 0 Å². The van der Waals surface area contributed by atoms with E-state index in [4.69, 9.17) is 4.52 Å². The highest BCUT2D eigenvalue weighted by molar-refractivity contribution is 7.89. The fraction of sp³-hybridized carbons (Fsp3) is 0.263. The van der Waals surface area contributed by atoms with Crippen LogP contribution in [-0.4, -0.2) is 28.4 Å². The van der Waals surface area contributed by atoms with Gasteiger partial charge < -0.3 is 4.52 Å². The van der Waals surface area contributed by atoms with Gasteiger partial charge in [0.15, 0.2) is 0 Å². The van der Waals surface area contributed by atoms with E-state index < -0.39 is 21.4 Å². The molecule has 0 saturated heterocycles. The van der Waals surface area contributed by atoms with Crippen LogP contribution in [-0.2, 0) is 16.6 Å². The second kappa shape index (κ2) is 7.21. The number of aromatic nitrogens is 2. The van der Waals surface area contributed by atoms with E-state index in [1.165, 1.54) is 16.4 Å². The van der Waals surface area contributed by atoms with Crippen molar-refractivity contribution < 1.29 is 17.3 Å². The molecule has 0 N–H and O–H groups in total. The monoisotopic (exact) mass is 389 g/mol. The fourth-order valence-electron chi connectivity index (χ4n) is 2.56. The topological polar surface area (TPSA) is 76.3 Å². The lowest BCUT2D eigenvalue weighted by atomic mass is 10.1. The highest BCUT2D eigenvalue weighted by Crippen LogP contribution is 2.27. The number of hydrogen-bond donors (Lipinski definition) is 0. The van der Waals surface area contributed by atoms with Crippen LogP contribution >= 0.6 is 0 Å². The Morgan fingerprint density at radius 2 is 1.67 bits per heavy atom. The molecular weight excluding hydrogens is 369 g/mol. The summed E-state index contributed by atoms with van der Waals surface area (Å²) in [6, 6.07) is 14.0. The van der Waals surface area contributed by atoms with Crippen molar-refractivity contribution in [3.05, 3.63) is 66.3 Å². The van der Waals surface area contributed by atoms with Crippen LogP contribution in [0.2, 0.25) is 0 Å². The molecule has 1 heterocycles. The molecular formula is C19H20FN3O3S. The first kappa shape index (κ1) is 19.2. The van der Waals surface area contributed by atoms with Gasteiger partial charge in [0, 0.05) is 11.1 Å². The third kappa shape index (κ3) is 4.23. The normalized spacial score (nSPS) is 12.5. The van der Waals surface area contributed by atoms with Gasteiger partial charge in [-0.1, -0.05) is 35.5 Å². The van der Waals surface area contributed by atoms with E-state index in [0.717, 1.165) is 17.7 Å². The summed E-state index contributed by atoms with van der Waals surface area (Å²) in [6.45, 7) is 5.21. The largest absolute Gasteiger partial charge is 0.338 e.